The lowest BCUT2D eigenvalue weighted by molar-refractivity contribution is -0.120. The molecule has 1 N–H and O–H groups in total. The van der Waals surface area contributed by atoms with Gasteiger partial charge >= 0.3 is 6.61 Å². The molecule has 0 unspecified atom stereocenters. The molecule has 0 saturated heterocycles. The van der Waals surface area contributed by atoms with Crippen LogP contribution in [0.25, 0.3) is 0 Å². The summed E-state index contributed by atoms with van der Waals surface area (Å²) in [7, 11) is 1.88. The zero-order valence-corrected chi connectivity index (χ0v) is 17.3. The highest BCUT2D eigenvalue weighted by atomic mass is 19.3. The number of nitrogens with one attached hydrogen (secondary N) is 1. The van der Waals surface area contributed by atoms with Crippen molar-refractivity contribution in [2.24, 2.45) is 0 Å². The number of rotatable bonds is 8. The summed E-state index contributed by atoms with van der Waals surface area (Å²) in [6, 6.07) is 13.4. The molecule has 0 aromatic heterocycles. The van der Waals surface area contributed by atoms with Crippen LogP contribution in [0.3, 0.4) is 0 Å². The van der Waals surface area contributed by atoms with Gasteiger partial charge in [-0.25, -0.2) is 0 Å². The van der Waals surface area contributed by atoms with Gasteiger partial charge in [0.15, 0.2) is 0 Å². The zero-order chi connectivity index (χ0) is 21.7. The lowest BCUT2D eigenvalue weighted by Gasteiger charge is -2.38. The van der Waals surface area contributed by atoms with Crippen LogP contribution < -0.4 is 19.7 Å². The molecule has 0 fully saturated rings. The molecule has 8 heteroatoms. The maximum absolute atomic E-state index is 12.6. The van der Waals surface area contributed by atoms with Crippen LogP contribution in [0.5, 0.6) is 11.5 Å². The quantitative estimate of drug-likeness (QED) is 0.705. The van der Waals surface area contributed by atoms with Gasteiger partial charge in [0, 0.05) is 18.8 Å². The normalized spacial score (nSPS) is 16.8. The summed E-state index contributed by atoms with van der Waals surface area (Å²) >= 11 is 0. The maximum atomic E-state index is 12.6. The minimum absolute atomic E-state index is 0.0448. The lowest BCUT2D eigenvalue weighted by atomic mass is 10.1. The van der Waals surface area contributed by atoms with E-state index in [-0.39, 0.29) is 17.8 Å². The number of para-hydroxylation sites is 2. The average Bonchev–Trinajstić information content (AvgIpc) is 2.73. The van der Waals surface area contributed by atoms with Gasteiger partial charge in [-0.05, 0) is 57.3 Å². The summed E-state index contributed by atoms with van der Waals surface area (Å²) in [5, 5.41) is 2.80. The third-order valence-electron chi connectivity index (χ3n) is 5.18. The Morgan fingerprint density at radius 3 is 2.63 bits per heavy atom. The molecule has 0 spiro atoms. The number of hydrogen-bond donors (Lipinski definition) is 1. The van der Waals surface area contributed by atoms with Crippen LogP contribution in [0.2, 0.25) is 0 Å². The lowest BCUT2D eigenvalue weighted by Crippen LogP contribution is -2.49. The van der Waals surface area contributed by atoms with Crippen LogP contribution in [0.4, 0.5) is 20.2 Å². The number of fused-ring (bicyclic) bond motifs is 1. The molecule has 3 rings (SSSR count). The van der Waals surface area contributed by atoms with Gasteiger partial charge in [0.25, 0.3) is 0 Å². The van der Waals surface area contributed by atoms with Crippen LogP contribution in [0.15, 0.2) is 48.5 Å². The van der Waals surface area contributed by atoms with Gasteiger partial charge in [-0.2, -0.15) is 8.78 Å². The van der Waals surface area contributed by atoms with E-state index in [1.807, 2.05) is 43.1 Å². The molecule has 1 heterocycles. The van der Waals surface area contributed by atoms with Crippen LogP contribution in [-0.2, 0) is 4.79 Å². The Morgan fingerprint density at radius 1 is 1.27 bits per heavy atom. The van der Waals surface area contributed by atoms with E-state index in [9.17, 15) is 13.6 Å². The van der Waals surface area contributed by atoms with E-state index in [0.717, 1.165) is 24.5 Å². The second kappa shape index (κ2) is 9.75. The van der Waals surface area contributed by atoms with Crippen molar-refractivity contribution in [3.05, 3.63) is 48.5 Å². The summed E-state index contributed by atoms with van der Waals surface area (Å²) in [5.41, 5.74) is 1.60. The van der Waals surface area contributed by atoms with Gasteiger partial charge in [-0.3, -0.25) is 9.69 Å². The van der Waals surface area contributed by atoms with Crippen molar-refractivity contribution in [3.63, 3.8) is 0 Å². The molecule has 0 radical (unpaired) electrons. The molecule has 2 atom stereocenters. The van der Waals surface area contributed by atoms with Crippen molar-refractivity contribution in [1.82, 2.24) is 4.90 Å². The second-order valence-corrected chi connectivity index (χ2v) is 7.25. The molecule has 1 aliphatic rings. The number of ether oxygens (including phenoxy) is 2. The van der Waals surface area contributed by atoms with E-state index in [1.54, 1.807) is 0 Å². The number of benzene rings is 2. The molecule has 2 aromatic rings. The Kier molecular flexibility index (Phi) is 7.10. The molecule has 2 aromatic carbocycles. The third-order valence-corrected chi connectivity index (χ3v) is 5.18. The highest BCUT2D eigenvalue weighted by Gasteiger charge is 2.28. The molecule has 0 bridgehead atoms. The number of anilines is 2. The van der Waals surface area contributed by atoms with Crippen LogP contribution in [0.1, 0.15) is 13.8 Å². The van der Waals surface area contributed by atoms with Crippen molar-refractivity contribution >= 4 is 17.3 Å². The van der Waals surface area contributed by atoms with Gasteiger partial charge in [0.2, 0.25) is 5.91 Å². The summed E-state index contributed by atoms with van der Waals surface area (Å²) in [6.07, 6.45) is -0.0640. The standard InChI is InChI=1S/C22H27F2N3O3/c1-4-27-14-18(29-20-8-6-5-7-19(20)27)13-26(3)15(2)21(28)25-16-9-11-17(12-10-16)30-22(23)24/h5-12,15,18,22H,4,13-14H2,1-3H3,(H,25,28)/t15-,18+/m0/s1. The van der Waals surface area contributed by atoms with Crippen molar-refractivity contribution in [1.29, 1.82) is 0 Å². The van der Waals surface area contributed by atoms with E-state index in [0.29, 0.717) is 12.2 Å². The van der Waals surface area contributed by atoms with Gasteiger partial charge in [0.05, 0.1) is 18.3 Å². The van der Waals surface area contributed by atoms with Gasteiger partial charge < -0.3 is 19.7 Å². The number of hydrogen-bond acceptors (Lipinski definition) is 5. The molecular weight excluding hydrogens is 392 g/mol. The molecule has 0 aliphatic carbocycles. The largest absolute Gasteiger partial charge is 0.485 e. The number of halogens is 2. The van der Waals surface area contributed by atoms with E-state index in [1.165, 1.54) is 24.3 Å². The smallest absolute Gasteiger partial charge is 0.387 e. The topological polar surface area (TPSA) is 54.0 Å². The molecule has 30 heavy (non-hydrogen) atoms. The Morgan fingerprint density at radius 2 is 1.97 bits per heavy atom. The first kappa shape index (κ1) is 21.8. The van der Waals surface area contributed by atoms with Gasteiger partial charge in [-0.1, -0.05) is 12.1 Å². The van der Waals surface area contributed by atoms with Crippen LogP contribution in [-0.4, -0.2) is 56.2 Å². The minimum atomic E-state index is -2.88. The summed E-state index contributed by atoms with van der Waals surface area (Å²) in [4.78, 5) is 16.8. The van der Waals surface area contributed by atoms with E-state index in [2.05, 4.69) is 21.9 Å². The number of likely N-dealkylation sites (N-methyl/N-ethyl adjacent to an activating group) is 2. The number of nitrogens with zero attached hydrogens (tertiary/aromatic N) is 2. The summed E-state index contributed by atoms with van der Waals surface area (Å²) in [5.74, 6) is 0.708. The zero-order valence-electron chi connectivity index (χ0n) is 17.3. The average molecular weight is 419 g/mol. The fourth-order valence-corrected chi connectivity index (χ4v) is 3.42. The van der Waals surface area contributed by atoms with E-state index < -0.39 is 12.7 Å². The molecule has 0 saturated carbocycles. The van der Waals surface area contributed by atoms with Crippen molar-refractivity contribution in [3.8, 4) is 11.5 Å². The number of amides is 1. The van der Waals surface area contributed by atoms with Gasteiger partial charge in [0.1, 0.15) is 17.6 Å². The summed E-state index contributed by atoms with van der Waals surface area (Å²) in [6.45, 7) is 3.26. The number of carbonyl (C=O) groups excluding carboxylic acids is 1. The van der Waals surface area contributed by atoms with Crippen molar-refractivity contribution < 1.29 is 23.0 Å². The predicted molar refractivity (Wildman–Crippen MR) is 113 cm³/mol. The van der Waals surface area contributed by atoms with Crippen LogP contribution >= 0.6 is 0 Å². The number of carbonyl (C=O) groups is 1. The first-order chi connectivity index (χ1) is 14.4. The fourth-order valence-electron chi connectivity index (χ4n) is 3.42. The predicted octanol–water partition coefficient (Wildman–Crippen LogP) is 3.83. The SMILES string of the molecule is CCN1C[C@@H](CN(C)[C@@H](C)C(=O)Nc2ccc(OC(F)F)cc2)Oc2ccccc21. The Hall–Kier alpha value is -2.87. The minimum Gasteiger partial charge on any atom is -0.485 e. The Bertz CT molecular complexity index is 848. The summed E-state index contributed by atoms with van der Waals surface area (Å²) < 4.78 is 34.9. The van der Waals surface area contributed by atoms with Crippen LogP contribution in [0, 0.1) is 0 Å². The highest BCUT2D eigenvalue weighted by molar-refractivity contribution is 5.94. The first-order valence-electron chi connectivity index (χ1n) is 9.94. The molecule has 1 aliphatic heterocycles. The Balaban J connectivity index is 1.56. The molecule has 6 nitrogen and oxygen atoms in total. The third kappa shape index (κ3) is 5.38. The molecule has 1 amide bonds. The fraction of sp³-hybridized carbons (Fsp3) is 0.409. The Labute approximate surface area is 175 Å². The highest BCUT2D eigenvalue weighted by Crippen LogP contribution is 2.33. The molecule has 162 valence electrons. The molecular formula is C22H27F2N3O3. The van der Waals surface area contributed by atoms with E-state index >= 15 is 0 Å². The second-order valence-electron chi connectivity index (χ2n) is 7.25. The van der Waals surface area contributed by atoms with Crippen molar-refractivity contribution in [2.45, 2.75) is 32.6 Å². The monoisotopic (exact) mass is 419 g/mol. The van der Waals surface area contributed by atoms with Crippen molar-refractivity contribution in [2.75, 3.05) is 36.9 Å². The first-order valence-corrected chi connectivity index (χ1v) is 9.94. The maximum Gasteiger partial charge on any atom is 0.387 e. The number of alkyl halides is 2. The van der Waals surface area contributed by atoms with Gasteiger partial charge in [-0.15, -0.1) is 0 Å². The van der Waals surface area contributed by atoms with E-state index in [4.69, 9.17) is 4.74 Å².